The molecule has 0 fully saturated rings. The molecule has 0 spiro atoms. The van der Waals surface area contributed by atoms with E-state index >= 15 is 0 Å². The Morgan fingerprint density at radius 1 is 1.10 bits per heavy atom. The number of alkyl carbamates (subject to hydrolysis) is 1. The van der Waals surface area contributed by atoms with Crippen LogP contribution in [0, 0.1) is 17.3 Å². The minimum absolute atomic E-state index is 0.182. The van der Waals surface area contributed by atoms with Crippen molar-refractivity contribution in [2.24, 2.45) is 5.41 Å². The molecule has 0 saturated heterocycles. The summed E-state index contributed by atoms with van der Waals surface area (Å²) < 4.78 is 5.30. The van der Waals surface area contributed by atoms with Gasteiger partial charge in [0.25, 0.3) is 0 Å². The van der Waals surface area contributed by atoms with Crippen LogP contribution >= 0.6 is 0 Å². The minimum Gasteiger partial charge on any atom is -0.444 e. The van der Waals surface area contributed by atoms with Crippen molar-refractivity contribution in [3.05, 3.63) is 35.9 Å². The summed E-state index contributed by atoms with van der Waals surface area (Å²) in [5.41, 5.74) is 0.232. The van der Waals surface area contributed by atoms with Crippen molar-refractivity contribution < 1.29 is 9.53 Å². The number of ether oxygens (including phenoxy) is 1. The van der Waals surface area contributed by atoms with Gasteiger partial charge in [0.15, 0.2) is 0 Å². The average Bonchev–Trinajstić information content (AvgIpc) is 2.32. The second kappa shape index (κ2) is 6.67. The predicted octanol–water partition coefficient (Wildman–Crippen LogP) is 3.98. The molecule has 0 aliphatic rings. The number of hydrogen-bond acceptors (Lipinski definition) is 2. The molecule has 21 heavy (non-hydrogen) atoms. The number of benzene rings is 1. The fourth-order valence-electron chi connectivity index (χ4n) is 1.57. The van der Waals surface area contributed by atoms with E-state index in [1.165, 1.54) is 0 Å². The van der Waals surface area contributed by atoms with E-state index in [-0.39, 0.29) is 11.5 Å². The molecule has 0 heterocycles. The highest BCUT2D eigenvalue weighted by molar-refractivity contribution is 5.69. The standard InChI is InChI=1S/C18H25NO2/c1-17(2,3)15(19-16(20)21-18(4,5)6)13-12-14-10-8-7-9-11-14/h7-11,15H,1-6H3,(H,19,20). The summed E-state index contributed by atoms with van der Waals surface area (Å²) in [6, 6.07) is 9.44. The van der Waals surface area contributed by atoms with Crippen molar-refractivity contribution in [1.29, 1.82) is 0 Å². The van der Waals surface area contributed by atoms with E-state index in [9.17, 15) is 4.79 Å². The fourth-order valence-corrected chi connectivity index (χ4v) is 1.57. The summed E-state index contributed by atoms with van der Waals surface area (Å²) in [5.74, 6) is 6.23. The molecule has 0 aliphatic carbocycles. The van der Waals surface area contributed by atoms with Crippen molar-refractivity contribution in [3.63, 3.8) is 0 Å². The molecule has 1 amide bonds. The Morgan fingerprint density at radius 2 is 1.67 bits per heavy atom. The van der Waals surface area contributed by atoms with Crippen LogP contribution < -0.4 is 5.32 Å². The van der Waals surface area contributed by atoms with E-state index in [0.29, 0.717) is 0 Å². The maximum atomic E-state index is 11.9. The van der Waals surface area contributed by atoms with E-state index in [1.54, 1.807) is 0 Å². The van der Waals surface area contributed by atoms with Gasteiger partial charge in [-0.05, 0) is 38.3 Å². The van der Waals surface area contributed by atoms with Gasteiger partial charge in [-0.25, -0.2) is 4.79 Å². The Bertz CT molecular complexity index is 524. The van der Waals surface area contributed by atoms with Crippen LogP contribution in [0.15, 0.2) is 30.3 Å². The highest BCUT2D eigenvalue weighted by Crippen LogP contribution is 2.19. The van der Waals surface area contributed by atoms with Crippen LogP contribution in [0.25, 0.3) is 0 Å². The lowest BCUT2D eigenvalue weighted by atomic mass is 9.87. The van der Waals surface area contributed by atoms with Crippen LogP contribution in [-0.4, -0.2) is 17.7 Å². The molecule has 3 nitrogen and oxygen atoms in total. The molecule has 1 N–H and O–H groups in total. The Balaban J connectivity index is 2.84. The molecule has 0 aliphatic heterocycles. The first-order valence-corrected chi connectivity index (χ1v) is 7.14. The van der Waals surface area contributed by atoms with Crippen molar-refractivity contribution in [1.82, 2.24) is 5.32 Å². The average molecular weight is 287 g/mol. The van der Waals surface area contributed by atoms with Crippen LogP contribution in [0.3, 0.4) is 0 Å². The number of hydrogen-bond donors (Lipinski definition) is 1. The smallest absolute Gasteiger partial charge is 0.408 e. The highest BCUT2D eigenvalue weighted by atomic mass is 16.6. The van der Waals surface area contributed by atoms with E-state index < -0.39 is 11.7 Å². The Morgan fingerprint density at radius 3 is 2.14 bits per heavy atom. The summed E-state index contributed by atoms with van der Waals surface area (Å²) in [5, 5.41) is 2.85. The molecule has 0 aromatic heterocycles. The third-order valence-electron chi connectivity index (χ3n) is 2.66. The van der Waals surface area contributed by atoms with Crippen LogP contribution in [0.5, 0.6) is 0 Å². The molecule has 1 aromatic rings. The molecule has 0 saturated carbocycles. The lowest BCUT2D eigenvalue weighted by molar-refractivity contribution is 0.0488. The Kier molecular flexibility index (Phi) is 5.43. The van der Waals surface area contributed by atoms with Gasteiger partial charge in [0.05, 0.1) is 6.04 Å². The van der Waals surface area contributed by atoms with E-state index in [2.05, 4.69) is 17.2 Å². The molecule has 114 valence electrons. The number of rotatable bonds is 1. The number of nitrogens with one attached hydrogen (secondary N) is 1. The van der Waals surface area contributed by atoms with Crippen molar-refractivity contribution >= 4 is 6.09 Å². The summed E-state index contributed by atoms with van der Waals surface area (Å²) in [6.07, 6.45) is -0.440. The van der Waals surface area contributed by atoms with Gasteiger partial charge in [0.2, 0.25) is 0 Å². The largest absolute Gasteiger partial charge is 0.444 e. The van der Waals surface area contributed by atoms with Gasteiger partial charge >= 0.3 is 6.09 Å². The first-order chi connectivity index (χ1) is 9.58. The number of carbonyl (C=O) groups is 1. The maximum Gasteiger partial charge on any atom is 0.408 e. The minimum atomic E-state index is -0.515. The first-order valence-electron chi connectivity index (χ1n) is 7.14. The summed E-state index contributed by atoms with van der Waals surface area (Å²) in [4.78, 5) is 11.9. The predicted molar refractivity (Wildman–Crippen MR) is 85.9 cm³/mol. The number of amides is 1. The topological polar surface area (TPSA) is 38.3 Å². The molecule has 1 atom stereocenters. The second-order valence-corrected chi connectivity index (χ2v) is 7.08. The van der Waals surface area contributed by atoms with Crippen molar-refractivity contribution in [3.8, 4) is 11.8 Å². The molecule has 1 unspecified atom stereocenters. The lowest BCUT2D eigenvalue weighted by Crippen LogP contribution is -2.45. The maximum absolute atomic E-state index is 11.9. The SMILES string of the molecule is CC(C)(C)OC(=O)NC(C#Cc1ccccc1)C(C)(C)C. The van der Waals surface area contributed by atoms with Gasteiger partial charge in [-0.15, -0.1) is 0 Å². The van der Waals surface area contributed by atoms with Gasteiger partial charge in [0.1, 0.15) is 5.60 Å². The quantitative estimate of drug-likeness (QED) is 0.793. The summed E-state index contributed by atoms with van der Waals surface area (Å²) >= 11 is 0. The molecular weight excluding hydrogens is 262 g/mol. The summed E-state index contributed by atoms with van der Waals surface area (Å²) in [6.45, 7) is 11.6. The van der Waals surface area contributed by atoms with Gasteiger partial charge in [0, 0.05) is 5.56 Å². The highest BCUT2D eigenvalue weighted by Gasteiger charge is 2.26. The van der Waals surface area contributed by atoms with Crippen LogP contribution in [0.4, 0.5) is 4.79 Å². The van der Waals surface area contributed by atoms with Gasteiger partial charge in [-0.2, -0.15) is 0 Å². The molecule has 1 rings (SSSR count). The Labute approximate surface area is 128 Å². The van der Waals surface area contributed by atoms with Gasteiger partial charge < -0.3 is 10.1 Å². The third kappa shape index (κ3) is 6.85. The molecular formula is C18H25NO2. The molecule has 0 radical (unpaired) electrons. The third-order valence-corrected chi connectivity index (χ3v) is 2.66. The Hall–Kier alpha value is -1.95. The lowest BCUT2D eigenvalue weighted by Gasteiger charge is -2.28. The van der Waals surface area contributed by atoms with Crippen LogP contribution in [-0.2, 0) is 4.74 Å². The second-order valence-electron chi connectivity index (χ2n) is 7.08. The molecule has 0 bridgehead atoms. The zero-order valence-electron chi connectivity index (χ0n) is 13.8. The van der Waals surface area contributed by atoms with Crippen LogP contribution in [0.2, 0.25) is 0 Å². The van der Waals surface area contributed by atoms with Crippen molar-refractivity contribution in [2.75, 3.05) is 0 Å². The molecule has 3 heteroatoms. The first kappa shape index (κ1) is 17.1. The van der Waals surface area contributed by atoms with Crippen molar-refractivity contribution in [2.45, 2.75) is 53.2 Å². The molecule has 1 aromatic carbocycles. The van der Waals surface area contributed by atoms with Gasteiger partial charge in [-0.3, -0.25) is 0 Å². The van der Waals surface area contributed by atoms with E-state index in [1.807, 2.05) is 71.9 Å². The zero-order chi connectivity index (χ0) is 16.1. The van der Waals surface area contributed by atoms with Crippen LogP contribution in [0.1, 0.15) is 47.1 Å². The number of carbonyl (C=O) groups excluding carboxylic acids is 1. The van der Waals surface area contributed by atoms with Gasteiger partial charge in [-0.1, -0.05) is 50.8 Å². The van der Waals surface area contributed by atoms with E-state index in [4.69, 9.17) is 4.74 Å². The normalized spacial score (nSPS) is 12.9. The zero-order valence-corrected chi connectivity index (χ0v) is 13.8. The fraction of sp³-hybridized carbons (Fsp3) is 0.500. The summed E-state index contributed by atoms with van der Waals surface area (Å²) in [7, 11) is 0. The monoisotopic (exact) mass is 287 g/mol. The van der Waals surface area contributed by atoms with E-state index in [0.717, 1.165) is 5.56 Å².